The average molecular weight is 473 g/mol. The van der Waals surface area contributed by atoms with Crippen molar-refractivity contribution in [3.05, 3.63) is 62.7 Å². The minimum Gasteiger partial charge on any atom is -0.332 e. The molecule has 3 aromatic heterocycles. The SMILES string of the molecule is CC=Cc1ccc(-c2c(C)c(-c3nc(C(C)(C)C)no3)nn2-c2ccc(Cl)cc2Cl)s1. The molecule has 5 nitrogen and oxygen atoms in total. The van der Waals surface area contributed by atoms with E-state index in [2.05, 4.69) is 28.3 Å². The van der Waals surface area contributed by atoms with Gasteiger partial charge in [0.25, 0.3) is 5.89 Å². The van der Waals surface area contributed by atoms with Gasteiger partial charge < -0.3 is 4.52 Å². The summed E-state index contributed by atoms with van der Waals surface area (Å²) in [6, 6.07) is 9.54. The molecule has 31 heavy (non-hydrogen) atoms. The van der Waals surface area contributed by atoms with Gasteiger partial charge in [-0.2, -0.15) is 10.1 Å². The van der Waals surface area contributed by atoms with Crippen molar-refractivity contribution in [2.45, 2.75) is 40.0 Å². The lowest BCUT2D eigenvalue weighted by Crippen LogP contribution is -2.13. The highest BCUT2D eigenvalue weighted by atomic mass is 35.5. The van der Waals surface area contributed by atoms with Gasteiger partial charge in [0.05, 0.1) is 21.3 Å². The minimum absolute atomic E-state index is 0.227. The van der Waals surface area contributed by atoms with E-state index in [4.69, 9.17) is 32.8 Å². The predicted molar refractivity (Wildman–Crippen MR) is 128 cm³/mol. The highest BCUT2D eigenvalue weighted by Gasteiger charge is 2.27. The Bertz CT molecular complexity index is 1280. The second-order valence-corrected chi connectivity index (χ2v) is 10.2. The highest BCUT2D eigenvalue weighted by Crippen LogP contribution is 2.39. The van der Waals surface area contributed by atoms with Crippen LogP contribution in [0.2, 0.25) is 10.0 Å². The molecule has 0 aliphatic carbocycles. The number of aromatic nitrogens is 4. The van der Waals surface area contributed by atoms with Gasteiger partial charge >= 0.3 is 0 Å². The van der Waals surface area contributed by atoms with Gasteiger partial charge in [0.1, 0.15) is 0 Å². The van der Waals surface area contributed by atoms with Gasteiger partial charge in [-0.3, -0.25) is 0 Å². The van der Waals surface area contributed by atoms with Crippen molar-refractivity contribution in [2.24, 2.45) is 0 Å². The van der Waals surface area contributed by atoms with Crippen molar-refractivity contribution in [1.29, 1.82) is 0 Å². The molecule has 0 radical (unpaired) electrons. The molecule has 0 aliphatic rings. The summed E-state index contributed by atoms with van der Waals surface area (Å²) in [5.41, 5.74) is 2.99. The van der Waals surface area contributed by atoms with E-state index in [9.17, 15) is 0 Å². The Balaban J connectivity index is 1.94. The lowest BCUT2D eigenvalue weighted by molar-refractivity contribution is 0.401. The Morgan fingerprint density at radius 2 is 1.90 bits per heavy atom. The first-order valence-electron chi connectivity index (χ1n) is 9.81. The van der Waals surface area contributed by atoms with E-state index in [0.717, 1.165) is 26.7 Å². The van der Waals surface area contributed by atoms with Crippen molar-refractivity contribution < 1.29 is 4.52 Å². The second kappa shape index (κ2) is 8.26. The molecular formula is C23H22Cl2N4OS. The fourth-order valence-corrected chi connectivity index (χ4v) is 4.73. The Kier molecular flexibility index (Phi) is 5.81. The average Bonchev–Trinajstić information content (AvgIpc) is 3.40. The van der Waals surface area contributed by atoms with Crippen LogP contribution in [0.3, 0.4) is 0 Å². The fourth-order valence-electron chi connectivity index (χ4n) is 3.17. The van der Waals surface area contributed by atoms with Crippen molar-refractivity contribution in [3.63, 3.8) is 0 Å². The van der Waals surface area contributed by atoms with Gasteiger partial charge in [-0.1, -0.05) is 55.2 Å². The van der Waals surface area contributed by atoms with Crippen LogP contribution in [-0.4, -0.2) is 19.9 Å². The fraction of sp³-hybridized carbons (Fsp3) is 0.261. The topological polar surface area (TPSA) is 56.7 Å². The smallest absolute Gasteiger partial charge is 0.278 e. The number of halogens is 2. The molecule has 0 N–H and O–H groups in total. The van der Waals surface area contributed by atoms with E-state index in [1.165, 1.54) is 0 Å². The van der Waals surface area contributed by atoms with E-state index < -0.39 is 0 Å². The van der Waals surface area contributed by atoms with Crippen molar-refractivity contribution >= 4 is 40.6 Å². The van der Waals surface area contributed by atoms with Crippen LogP contribution < -0.4 is 0 Å². The van der Waals surface area contributed by atoms with Crippen LogP contribution in [0.15, 0.2) is 40.9 Å². The summed E-state index contributed by atoms with van der Waals surface area (Å²) >= 11 is 14.3. The molecule has 0 amide bonds. The van der Waals surface area contributed by atoms with Crippen LogP contribution in [0.25, 0.3) is 33.9 Å². The van der Waals surface area contributed by atoms with Gasteiger partial charge in [0.2, 0.25) is 0 Å². The summed E-state index contributed by atoms with van der Waals surface area (Å²) in [5, 5.41) is 10.1. The number of hydrogen-bond acceptors (Lipinski definition) is 5. The first kappa shape index (κ1) is 21.8. The van der Waals surface area contributed by atoms with E-state index in [1.54, 1.807) is 23.5 Å². The molecule has 4 rings (SSSR count). The lowest BCUT2D eigenvalue weighted by atomic mass is 9.96. The standard InChI is InChI=1S/C23H22Cl2N4OS/c1-6-7-15-9-11-18(31-15)20-13(2)19(21-26-22(28-30-21)23(3,4)5)27-29(20)17-10-8-14(24)12-16(17)25/h6-12H,1-5H3. The number of hydrogen-bond donors (Lipinski definition) is 0. The Labute approximate surface area is 195 Å². The largest absolute Gasteiger partial charge is 0.332 e. The number of nitrogens with zero attached hydrogens (tertiary/aromatic N) is 4. The van der Waals surface area contributed by atoms with Crippen LogP contribution in [0, 0.1) is 6.92 Å². The van der Waals surface area contributed by atoms with Crippen LogP contribution in [-0.2, 0) is 5.41 Å². The quantitative estimate of drug-likeness (QED) is 0.306. The normalized spacial score (nSPS) is 12.2. The maximum absolute atomic E-state index is 6.55. The van der Waals surface area contributed by atoms with Crippen LogP contribution in [0.1, 0.15) is 44.0 Å². The number of thiophene rings is 1. The Hall–Kier alpha value is -2.41. The number of rotatable bonds is 4. The molecule has 1 aromatic carbocycles. The van der Waals surface area contributed by atoms with Crippen molar-refractivity contribution in [3.8, 4) is 27.8 Å². The van der Waals surface area contributed by atoms with Gasteiger partial charge in [-0.25, -0.2) is 4.68 Å². The third kappa shape index (κ3) is 4.20. The summed E-state index contributed by atoms with van der Waals surface area (Å²) in [4.78, 5) is 6.83. The first-order chi connectivity index (χ1) is 14.7. The Morgan fingerprint density at radius 3 is 2.55 bits per heavy atom. The monoisotopic (exact) mass is 472 g/mol. The maximum Gasteiger partial charge on any atom is 0.278 e. The van der Waals surface area contributed by atoms with E-state index >= 15 is 0 Å². The molecule has 3 heterocycles. The molecule has 8 heteroatoms. The molecular weight excluding hydrogens is 451 g/mol. The summed E-state index contributed by atoms with van der Waals surface area (Å²) in [6.45, 7) is 10.1. The van der Waals surface area contributed by atoms with Crippen LogP contribution in [0.5, 0.6) is 0 Å². The van der Waals surface area contributed by atoms with Crippen molar-refractivity contribution in [1.82, 2.24) is 19.9 Å². The van der Waals surface area contributed by atoms with Crippen molar-refractivity contribution in [2.75, 3.05) is 0 Å². The Morgan fingerprint density at radius 1 is 1.13 bits per heavy atom. The van der Waals surface area contributed by atoms with Gasteiger partial charge in [-0.15, -0.1) is 11.3 Å². The zero-order chi connectivity index (χ0) is 22.3. The zero-order valence-electron chi connectivity index (χ0n) is 17.9. The summed E-state index contributed by atoms with van der Waals surface area (Å²) in [5.74, 6) is 1.02. The highest BCUT2D eigenvalue weighted by molar-refractivity contribution is 7.16. The third-order valence-corrected chi connectivity index (χ3v) is 6.35. The molecule has 4 aromatic rings. The second-order valence-electron chi connectivity index (χ2n) is 8.20. The van der Waals surface area contributed by atoms with Gasteiger partial charge in [0.15, 0.2) is 11.5 Å². The molecule has 0 spiro atoms. The lowest BCUT2D eigenvalue weighted by Gasteiger charge is -2.10. The summed E-state index contributed by atoms with van der Waals surface area (Å²) in [6.07, 6.45) is 4.10. The number of benzene rings is 1. The van der Waals surface area contributed by atoms with Crippen LogP contribution >= 0.6 is 34.5 Å². The van der Waals surface area contributed by atoms with E-state index in [1.807, 2.05) is 51.4 Å². The first-order valence-corrected chi connectivity index (χ1v) is 11.4. The maximum atomic E-state index is 6.55. The minimum atomic E-state index is -0.227. The molecule has 0 fully saturated rings. The third-order valence-electron chi connectivity index (χ3n) is 4.75. The van der Waals surface area contributed by atoms with Gasteiger partial charge in [0, 0.05) is 20.9 Å². The summed E-state index contributed by atoms with van der Waals surface area (Å²) < 4.78 is 7.42. The molecule has 160 valence electrons. The van der Waals surface area contributed by atoms with Crippen LogP contribution in [0.4, 0.5) is 0 Å². The molecule has 0 aliphatic heterocycles. The molecule has 0 saturated heterocycles. The van der Waals surface area contributed by atoms with Gasteiger partial charge in [-0.05, 0) is 50.3 Å². The molecule has 0 atom stereocenters. The molecule has 0 bridgehead atoms. The predicted octanol–water partition coefficient (Wildman–Crippen LogP) is 7.60. The molecule has 0 unspecified atom stereocenters. The zero-order valence-corrected chi connectivity index (χ0v) is 20.2. The molecule has 0 saturated carbocycles. The summed E-state index contributed by atoms with van der Waals surface area (Å²) in [7, 11) is 0. The van der Waals surface area contributed by atoms with E-state index in [-0.39, 0.29) is 5.41 Å². The number of allylic oxidation sites excluding steroid dienone is 1. The van der Waals surface area contributed by atoms with E-state index in [0.29, 0.717) is 27.5 Å².